The summed E-state index contributed by atoms with van der Waals surface area (Å²) in [5, 5.41) is 12.0. The molecule has 0 aliphatic carbocycles. The molecule has 5 nitrogen and oxygen atoms in total. The van der Waals surface area contributed by atoms with E-state index in [1.165, 1.54) is 0 Å². The fourth-order valence-electron chi connectivity index (χ4n) is 2.19. The molecular weight excluding hydrogens is 268 g/mol. The first-order chi connectivity index (χ1) is 8.45. The monoisotopic (exact) mass is 292 g/mol. The van der Waals surface area contributed by atoms with Crippen molar-refractivity contribution in [2.24, 2.45) is 5.92 Å². The third kappa shape index (κ3) is 5.37. The maximum atomic E-state index is 12.0. The predicted molar refractivity (Wildman–Crippen MR) is 76.5 cm³/mol. The van der Waals surface area contributed by atoms with Crippen LogP contribution < -0.4 is 5.32 Å². The van der Waals surface area contributed by atoms with Crippen LogP contribution in [-0.2, 0) is 9.59 Å². The van der Waals surface area contributed by atoms with E-state index in [1.54, 1.807) is 0 Å². The summed E-state index contributed by atoms with van der Waals surface area (Å²) in [7, 11) is 0. The second-order valence-corrected chi connectivity index (χ2v) is 5.17. The van der Waals surface area contributed by atoms with Crippen LogP contribution in [0.5, 0.6) is 0 Å². The minimum atomic E-state index is -0.755. The highest BCUT2D eigenvalue weighted by Gasteiger charge is 2.30. The topological polar surface area (TPSA) is 69.6 Å². The van der Waals surface area contributed by atoms with E-state index in [4.69, 9.17) is 5.11 Å². The lowest BCUT2D eigenvalue weighted by atomic mass is 9.97. The molecule has 1 heterocycles. The second kappa shape index (κ2) is 8.38. The number of likely N-dealkylation sites (tertiary alicyclic amines) is 1. The van der Waals surface area contributed by atoms with Crippen LogP contribution in [-0.4, -0.2) is 47.1 Å². The van der Waals surface area contributed by atoms with Gasteiger partial charge in [0.05, 0.1) is 12.0 Å². The summed E-state index contributed by atoms with van der Waals surface area (Å²) in [5.74, 6) is -1.10. The zero-order valence-corrected chi connectivity index (χ0v) is 12.7. The van der Waals surface area contributed by atoms with Crippen molar-refractivity contribution in [1.82, 2.24) is 10.2 Å². The van der Waals surface area contributed by atoms with Gasteiger partial charge < -0.3 is 10.4 Å². The van der Waals surface area contributed by atoms with Crippen molar-refractivity contribution < 1.29 is 14.7 Å². The van der Waals surface area contributed by atoms with Gasteiger partial charge in [0.2, 0.25) is 5.91 Å². The number of carbonyl (C=O) groups excluding carboxylic acids is 1. The number of hydrogen-bond acceptors (Lipinski definition) is 3. The van der Waals surface area contributed by atoms with Gasteiger partial charge in [-0.2, -0.15) is 0 Å². The number of aliphatic carboxylic acids is 1. The van der Waals surface area contributed by atoms with Crippen LogP contribution in [0.4, 0.5) is 0 Å². The van der Waals surface area contributed by atoms with Crippen LogP contribution in [0, 0.1) is 5.92 Å². The van der Waals surface area contributed by atoms with Crippen molar-refractivity contribution in [3.63, 3.8) is 0 Å². The molecule has 19 heavy (non-hydrogen) atoms. The number of halogens is 1. The number of amides is 1. The molecule has 1 aliphatic heterocycles. The zero-order valence-electron chi connectivity index (χ0n) is 11.9. The van der Waals surface area contributed by atoms with Gasteiger partial charge in [0.25, 0.3) is 0 Å². The summed E-state index contributed by atoms with van der Waals surface area (Å²) in [6.07, 6.45) is 2.46. The zero-order chi connectivity index (χ0) is 13.7. The molecule has 1 aliphatic rings. The standard InChI is InChI=1S/C13H24N2O3.ClH/c1-4-9(2)14-12(16)10(3)15-7-5-6-11(8-15)13(17)18;/h9-11H,4-8H2,1-3H3,(H,14,16)(H,17,18);1H. The number of carboxylic acids is 1. The summed E-state index contributed by atoms with van der Waals surface area (Å²) < 4.78 is 0. The molecule has 1 saturated heterocycles. The lowest BCUT2D eigenvalue weighted by molar-refractivity contribution is -0.145. The number of carboxylic acid groups (broad SMARTS) is 1. The van der Waals surface area contributed by atoms with E-state index in [1.807, 2.05) is 25.7 Å². The Morgan fingerprint density at radius 1 is 1.42 bits per heavy atom. The van der Waals surface area contributed by atoms with Crippen molar-refractivity contribution in [3.05, 3.63) is 0 Å². The molecule has 0 saturated carbocycles. The molecule has 6 heteroatoms. The summed E-state index contributed by atoms with van der Waals surface area (Å²) >= 11 is 0. The van der Waals surface area contributed by atoms with Crippen LogP contribution in [0.1, 0.15) is 40.0 Å². The summed E-state index contributed by atoms with van der Waals surface area (Å²) in [4.78, 5) is 24.9. The quantitative estimate of drug-likeness (QED) is 0.806. The molecule has 2 N–H and O–H groups in total. The molecule has 0 spiro atoms. The molecule has 3 unspecified atom stereocenters. The van der Waals surface area contributed by atoms with E-state index < -0.39 is 5.97 Å². The van der Waals surface area contributed by atoms with E-state index in [2.05, 4.69) is 5.32 Å². The molecular formula is C13H25ClN2O3. The summed E-state index contributed by atoms with van der Waals surface area (Å²) in [6, 6.07) is -0.0823. The Hall–Kier alpha value is -0.810. The minimum Gasteiger partial charge on any atom is -0.481 e. The van der Waals surface area contributed by atoms with Crippen LogP contribution in [0.3, 0.4) is 0 Å². The number of rotatable bonds is 5. The average molecular weight is 293 g/mol. The smallest absolute Gasteiger partial charge is 0.307 e. The van der Waals surface area contributed by atoms with Gasteiger partial charge in [0.15, 0.2) is 0 Å². The third-order valence-electron chi connectivity index (χ3n) is 3.73. The van der Waals surface area contributed by atoms with E-state index in [0.717, 1.165) is 19.4 Å². The van der Waals surface area contributed by atoms with Crippen molar-refractivity contribution in [2.45, 2.75) is 52.1 Å². The Balaban J connectivity index is 0.00000324. The Bertz CT molecular complexity index is 312. The molecule has 1 amide bonds. The van der Waals surface area contributed by atoms with Crippen molar-refractivity contribution >= 4 is 24.3 Å². The average Bonchev–Trinajstić information content (AvgIpc) is 2.37. The highest BCUT2D eigenvalue weighted by molar-refractivity contribution is 5.85. The molecule has 3 atom stereocenters. The maximum absolute atomic E-state index is 12.0. The molecule has 112 valence electrons. The van der Waals surface area contributed by atoms with Gasteiger partial charge in [0, 0.05) is 12.6 Å². The lowest BCUT2D eigenvalue weighted by Gasteiger charge is -2.34. The van der Waals surface area contributed by atoms with E-state index in [-0.39, 0.29) is 36.3 Å². The fourth-order valence-corrected chi connectivity index (χ4v) is 2.19. The molecule has 0 bridgehead atoms. The number of hydrogen-bond donors (Lipinski definition) is 2. The fraction of sp³-hybridized carbons (Fsp3) is 0.846. The van der Waals surface area contributed by atoms with Crippen LogP contribution >= 0.6 is 12.4 Å². The Morgan fingerprint density at radius 3 is 2.58 bits per heavy atom. The highest BCUT2D eigenvalue weighted by atomic mass is 35.5. The van der Waals surface area contributed by atoms with Crippen molar-refractivity contribution in [3.8, 4) is 0 Å². The number of carbonyl (C=O) groups is 2. The van der Waals surface area contributed by atoms with Gasteiger partial charge in [0.1, 0.15) is 0 Å². The maximum Gasteiger partial charge on any atom is 0.307 e. The molecule has 0 radical (unpaired) electrons. The van der Waals surface area contributed by atoms with E-state index in [0.29, 0.717) is 13.0 Å². The molecule has 1 rings (SSSR count). The Labute approximate surface area is 121 Å². The number of piperidine rings is 1. The van der Waals surface area contributed by atoms with Gasteiger partial charge in [-0.3, -0.25) is 14.5 Å². The first-order valence-corrected chi connectivity index (χ1v) is 6.73. The largest absolute Gasteiger partial charge is 0.481 e. The summed E-state index contributed by atoms with van der Waals surface area (Å²) in [6.45, 7) is 7.13. The van der Waals surface area contributed by atoms with Gasteiger partial charge in [-0.15, -0.1) is 12.4 Å². The van der Waals surface area contributed by atoms with Crippen molar-refractivity contribution in [1.29, 1.82) is 0 Å². The third-order valence-corrected chi connectivity index (χ3v) is 3.73. The first kappa shape index (κ1) is 18.2. The van der Waals surface area contributed by atoms with Gasteiger partial charge in [-0.1, -0.05) is 6.92 Å². The SMILES string of the molecule is CCC(C)NC(=O)C(C)N1CCCC(C(=O)O)C1.Cl. The molecule has 1 fully saturated rings. The first-order valence-electron chi connectivity index (χ1n) is 6.73. The van der Waals surface area contributed by atoms with E-state index >= 15 is 0 Å². The number of nitrogens with zero attached hydrogens (tertiary/aromatic N) is 1. The lowest BCUT2D eigenvalue weighted by Crippen LogP contribution is -2.51. The number of nitrogens with one attached hydrogen (secondary N) is 1. The molecule has 0 aromatic rings. The highest BCUT2D eigenvalue weighted by Crippen LogP contribution is 2.18. The normalized spacial score (nSPS) is 23.0. The summed E-state index contributed by atoms with van der Waals surface area (Å²) in [5.41, 5.74) is 0. The van der Waals surface area contributed by atoms with Crippen LogP contribution in [0.2, 0.25) is 0 Å². The Morgan fingerprint density at radius 2 is 2.05 bits per heavy atom. The van der Waals surface area contributed by atoms with E-state index in [9.17, 15) is 9.59 Å². The molecule has 0 aromatic carbocycles. The van der Waals surface area contributed by atoms with Gasteiger partial charge in [-0.25, -0.2) is 0 Å². The second-order valence-electron chi connectivity index (χ2n) is 5.17. The Kier molecular flexibility index (Phi) is 8.02. The van der Waals surface area contributed by atoms with Crippen molar-refractivity contribution in [2.75, 3.05) is 13.1 Å². The molecule has 0 aromatic heterocycles. The predicted octanol–water partition coefficient (Wildman–Crippen LogP) is 1.51. The minimum absolute atomic E-state index is 0. The van der Waals surface area contributed by atoms with Crippen LogP contribution in [0.25, 0.3) is 0 Å². The van der Waals surface area contributed by atoms with Gasteiger partial charge in [-0.05, 0) is 39.7 Å². The van der Waals surface area contributed by atoms with Crippen LogP contribution in [0.15, 0.2) is 0 Å². The van der Waals surface area contributed by atoms with Gasteiger partial charge >= 0.3 is 5.97 Å².